The van der Waals surface area contributed by atoms with Gasteiger partial charge < -0.3 is 15.2 Å². The smallest absolute Gasteiger partial charge is 0.345 e. The van der Waals surface area contributed by atoms with Gasteiger partial charge >= 0.3 is 5.97 Å². The lowest BCUT2D eigenvalue weighted by molar-refractivity contribution is 0.0702. The third kappa shape index (κ3) is 4.05. The van der Waals surface area contributed by atoms with Crippen LogP contribution in [0.15, 0.2) is 66.0 Å². The zero-order valence-electron chi connectivity index (χ0n) is 14.9. The number of nitrogens with one attached hydrogen (secondary N) is 1. The van der Waals surface area contributed by atoms with Gasteiger partial charge in [-0.3, -0.25) is 0 Å². The zero-order chi connectivity index (χ0) is 19.5. The molecule has 2 aromatic heterocycles. The molecule has 2 heterocycles. The number of rotatable bonds is 6. The van der Waals surface area contributed by atoms with Crippen molar-refractivity contribution in [2.24, 2.45) is 0 Å². The maximum absolute atomic E-state index is 11.2. The van der Waals surface area contributed by atoms with Crippen molar-refractivity contribution in [3.63, 3.8) is 0 Å². The summed E-state index contributed by atoms with van der Waals surface area (Å²) in [5, 5.41) is 15.1. The molecule has 0 aliphatic heterocycles. The van der Waals surface area contributed by atoms with E-state index in [9.17, 15) is 4.79 Å². The molecule has 0 bridgehead atoms. The van der Waals surface area contributed by atoms with Crippen LogP contribution in [0, 0.1) is 6.92 Å². The quantitative estimate of drug-likeness (QED) is 0.385. The molecular formula is C21H16N2O3S2. The first-order valence-corrected chi connectivity index (χ1v) is 10.2. The number of para-hydroxylation sites is 1. The number of aromatic nitrogens is 1. The Hall–Kier alpha value is -3.16. The average molecular weight is 409 g/mol. The molecule has 2 N–H and O–H groups in total. The second-order valence-electron chi connectivity index (χ2n) is 5.99. The van der Waals surface area contributed by atoms with Crippen molar-refractivity contribution < 1.29 is 14.6 Å². The third-order valence-corrected chi connectivity index (χ3v) is 5.79. The Bertz CT molecular complexity index is 1100. The molecule has 0 aliphatic carbocycles. The Kier molecular flexibility index (Phi) is 5.10. The van der Waals surface area contributed by atoms with Crippen molar-refractivity contribution in [3.05, 3.63) is 75.8 Å². The number of benzene rings is 2. The van der Waals surface area contributed by atoms with E-state index in [4.69, 9.17) is 9.84 Å². The molecule has 0 atom stereocenters. The number of carbonyl (C=O) groups is 1. The van der Waals surface area contributed by atoms with Gasteiger partial charge in [0.2, 0.25) is 0 Å². The molecule has 0 saturated carbocycles. The van der Waals surface area contributed by atoms with Crippen LogP contribution >= 0.6 is 22.7 Å². The molecule has 5 nitrogen and oxygen atoms in total. The molecule has 0 spiro atoms. The summed E-state index contributed by atoms with van der Waals surface area (Å²) in [6, 6.07) is 18.9. The molecule has 0 fully saturated rings. The largest absolute Gasteiger partial charge is 0.477 e. The molecular weight excluding hydrogens is 392 g/mol. The fourth-order valence-electron chi connectivity index (χ4n) is 2.65. The SMILES string of the molecule is Cc1sc(C(=O)O)cc1-c1csc(Nc2ccc(Oc3ccccc3)cc2)n1. The van der Waals surface area contributed by atoms with Gasteiger partial charge in [0.15, 0.2) is 5.13 Å². The van der Waals surface area contributed by atoms with Gasteiger partial charge in [-0.25, -0.2) is 9.78 Å². The molecule has 2 aromatic carbocycles. The average Bonchev–Trinajstić information content (AvgIpc) is 3.31. The topological polar surface area (TPSA) is 71.5 Å². The summed E-state index contributed by atoms with van der Waals surface area (Å²) < 4.78 is 5.79. The van der Waals surface area contributed by atoms with Crippen LogP contribution in [0.3, 0.4) is 0 Å². The Morgan fingerprint density at radius 3 is 2.46 bits per heavy atom. The van der Waals surface area contributed by atoms with Gasteiger partial charge in [-0.2, -0.15) is 0 Å². The second kappa shape index (κ2) is 7.84. The number of carboxylic acids is 1. The molecule has 0 amide bonds. The number of hydrogen-bond donors (Lipinski definition) is 2. The molecule has 0 aliphatic rings. The molecule has 4 aromatic rings. The molecule has 4 rings (SSSR count). The van der Waals surface area contributed by atoms with E-state index in [1.807, 2.05) is 66.9 Å². The first-order valence-electron chi connectivity index (χ1n) is 8.48. The van der Waals surface area contributed by atoms with Crippen LogP contribution in [-0.2, 0) is 0 Å². The standard InChI is InChI=1S/C21H16N2O3S2/c1-13-17(11-19(28-13)20(24)25)18-12-27-21(23-18)22-14-7-9-16(10-8-14)26-15-5-3-2-4-6-15/h2-12H,1H3,(H,22,23)(H,24,25). The summed E-state index contributed by atoms with van der Waals surface area (Å²) >= 11 is 2.74. The fraction of sp³-hybridized carbons (Fsp3) is 0.0476. The van der Waals surface area contributed by atoms with Gasteiger partial charge in [0.1, 0.15) is 16.4 Å². The Labute approximate surface area is 169 Å². The predicted octanol–water partition coefficient (Wildman–Crippen LogP) is 6.41. The number of nitrogens with zero attached hydrogens (tertiary/aromatic N) is 1. The highest BCUT2D eigenvalue weighted by atomic mass is 32.1. The van der Waals surface area contributed by atoms with Crippen molar-refractivity contribution >= 4 is 39.5 Å². The van der Waals surface area contributed by atoms with E-state index in [1.54, 1.807) is 6.07 Å². The highest BCUT2D eigenvalue weighted by molar-refractivity contribution is 7.15. The van der Waals surface area contributed by atoms with Crippen LogP contribution in [0.5, 0.6) is 11.5 Å². The second-order valence-corrected chi connectivity index (χ2v) is 8.10. The van der Waals surface area contributed by atoms with Crippen molar-refractivity contribution in [3.8, 4) is 22.8 Å². The maximum atomic E-state index is 11.2. The maximum Gasteiger partial charge on any atom is 0.345 e. The number of carboxylic acid groups (broad SMARTS) is 1. The lowest BCUT2D eigenvalue weighted by atomic mass is 10.2. The van der Waals surface area contributed by atoms with E-state index < -0.39 is 5.97 Å². The van der Waals surface area contributed by atoms with Gasteiger partial charge in [-0.1, -0.05) is 18.2 Å². The van der Waals surface area contributed by atoms with E-state index in [0.717, 1.165) is 38.5 Å². The minimum Gasteiger partial charge on any atom is -0.477 e. The van der Waals surface area contributed by atoms with Crippen molar-refractivity contribution in [2.45, 2.75) is 6.92 Å². The Morgan fingerprint density at radius 2 is 1.79 bits per heavy atom. The third-order valence-electron chi connectivity index (χ3n) is 3.99. The van der Waals surface area contributed by atoms with Gasteiger partial charge in [-0.05, 0) is 49.4 Å². The van der Waals surface area contributed by atoms with Crippen LogP contribution in [0.1, 0.15) is 14.5 Å². The molecule has 0 unspecified atom stereocenters. The van der Waals surface area contributed by atoms with E-state index >= 15 is 0 Å². The number of thiazole rings is 1. The van der Waals surface area contributed by atoms with Crippen LogP contribution < -0.4 is 10.1 Å². The molecule has 28 heavy (non-hydrogen) atoms. The van der Waals surface area contributed by atoms with Crippen molar-refractivity contribution in [1.29, 1.82) is 0 Å². The van der Waals surface area contributed by atoms with Gasteiger partial charge in [-0.15, -0.1) is 22.7 Å². The number of aromatic carboxylic acids is 1. The van der Waals surface area contributed by atoms with Gasteiger partial charge in [0.25, 0.3) is 0 Å². The lowest BCUT2D eigenvalue weighted by Gasteiger charge is -2.07. The van der Waals surface area contributed by atoms with E-state index in [-0.39, 0.29) is 0 Å². The van der Waals surface area contributed by atoms with E-state index in [1.165, 1.54) is 22.7 Å². The zero-order valence-corrected chi connectivity index (χ0v) is 16.5. The molecule has 0 saturated heterocycles. The first-order chi connectivity index (χ1) is 13.6. The number of hydrogen-bond acceptors (Lipinski definition) is 6. The summed E-state index contributed by atoms with van der Waals surface area (Å²) in [7, 11) is 0. The number of ether oxygens (including phenoxy) is 1. The highest BCUT2D eigenvalue weighted by Gasteiger charge is 2.15. The summed E-state index contributed by atoms with van der Waals surface area (Å²) in [5.41, 5.74) is 2.53. The van der Waals surface area contributed by atoms with Crippen LogP contribution in [-0.4, -0.2) is 16.1 Å². The van der Waals surface area contributed by atoms with E-state index in [0.29, 0.717) is 4.88 Å². The van der Waals surface area contributed by atoms with E-state index in [2.05, 4.69) is 10.3 Å². The minimum atomic E-state index is -0.911. The van der Waals surface area contributed by atoms with Crippen LogP contribution in [0.4, 0.5) is 10.8 Å². The normalized spacial score (nSPS) is 10.6. The highest BCUT2D eigenvalue weighted by Crippen LogP contribution is 2.34. The van der Waals surface area contributed by atoms with Crippen LogP contribution in [0.25, 0.3) is 11.3 Å². The molecule has 7 heteroatoms. The summed E-state index contributed by atoms with van der Waals surface area (Å²) in [6.45, 7) is 1.91. The fourth-order valence-corrected chi connectivity index (χ4v) is 4.25. The van der Waals surface area contributed by atoms with Crippen molar-refractivity contribution in [1.82, 2.24) is 4.98 Å². The molecule has 140 valence electrons. The first kappa shape index (κ1) is 18.2. The number of aryl methyl sites for hydroxylation is 1. The summed E-state index contributed by atoms with van der Waals surface area (Å²) in [4.78, 5) is 17.0. The predicted molar refractivity (Wildman–Crippen MR) is 113 cm³/mol. The molecule has 0 radical (unpaired) electrons. The summed E-state index contributed by atoms with van der Waals surface area (Å²) in [5.74, 6) is 0.636. The summed E-state index contributed by atoms with van der Waals surface area (Å²) in [6.07, 6.45) is 0. The lowest BCUT2D eigenvalue weighted by Crippen LogP contribution is -1.91. The number of thiophene rings is 1. The minimum absolute atomic E-state index is 0.323. The number of anilines is 2. The Morgan fingerprint density at radius 1 is 1.07 bits per heavy atom. The monoisotopic (exact) mass is 408 g/mol. The van der Waals surface area contributed by atoms with Gasteiger partial charge in [0.05, 0.1) is 5.69 Å². The van der Waals surface area contributed by atoms with Crippen molar-refractivity contribution in [2.75, 3.05) is 5.32 Å². The Balaban J connectivity index is 1.46. The van der Waals surface area contributed by atoms with Crippen LogP contribution in [0.2, 0.25) is 0 Å². The van der Waals surface area contributed by atoms with Gasteiger partial charge in [0, 0.05) is 21.5 Å².